The summed E-state index contributed by atoms with van der Waals surface area (Å²) >= 11 is 0. The molecule has 3 rings (SSSR count). The number of methoxy groups -OCH3 is 2. The summed E-state index contributed by atoms with van der Waals surface area (Å²) in [4.78, 5) is 30.7. The normalized spacial score (nSPS) is 46.9. The summed E-state index contributed by atoms with van der Waals surface area (Å²) in [7, 11) is 6.83. The molecule has 3 aliphatic rings. The summed E-state index contributed by atoms with van der Waals surface area (Å²) in [5.74, 6) is -4.01. The molecule has 0 aliphatic carbocycles. The van der Waals surface area contributed by atoms with E-state index in [1.165, 1.54) is 27.2 Å². The van der Waals surface area contributed by atoms with E-state index in [1.54, 1.807) is 41.5 Å². The minimum atomic E-state index is -1.78. The summed E-state index contributed by atoms with van der Waals surface area (Å²) in [6.07, 6.45) is -6.40. The van der Waals surface area contributed by atoms with Gasteiger partial charge in [-0.2, -0.15) is 0 Å². The summed E-state index contributed by atoms with van der Waals surface area (Å²) in [6.45, 7) is 21.4. The predicted octanol–water partition coefficient (Wildman–Crippen LogP) is 3.65. The topological polar surface area (TPSA) is 172 Å². The quantitative estimate of drug-likeness (QED) is 0.205. The molecule has 3 N–H and O–H groups in total. The number of ether oxygens (including phenoxy) is 8. The number of aliphatic hydroxyl groups is 3. The molecule has 3 heterocycles. The highest BCUT2D eigenvalue weighted by Gasteiger charge is 2.54. The predicted molar refractivity (Wildman–Crippen MR) is 205 cm³/mol. The molecule has 3 aliphatic heterocycles. The standard InChI is InChI=1S/C41H73NO13/c1-16-18-50-36-24(5)31(43)22(3)20-40(10,49-15)35(55-38-32(44)28(42(12)13)19-23(4)51-38)25(6)33(26(7)37(46)53-29(17-2)41(36,11)47)54-30-21-39(9,48-14)34(45)27(8)52-30/h16,22-30,32-36,38,44-45,47H,1,17-21H2,2-15H3/t22-,23-,24+,25+,26-,27+,28+,29-,30+,32-,33+,34+,35-,36-,38?,39-,40+,41-/m1/s1. The van der Waals surface area contributed by atoms with E-state index < -0.39 is 102 Å². The maximum Gasteiger partial charge on any atom is 0.311 e. The van der Waals surface area contributed by atoms with Gasteiger partial charge in [0.1, 0.15) is 29.7 Å². The number of esters is 1. The number of nitrogens with zero attached hydrogens (tertiary/aromatic N) is 1. The van der Waals surface area contributed by atoms with Crippen LogP contribution in [0.1, 0.15) is 94.9 Å². The summed E-state index contributed by atoms with van der Waals surface area (Å²) in [5.41, 5.74) is -4.04. The Labute approximate surface area is 329 Å². The molecule has 1 unspecified atom stereocenters. The van der Waals surface area contributed by atoms with E-state index >= 15 is 0 Å². The molecule has 320 valence electrons. The number of carbonyl (C=O) groups excluding carboxylic acids is 2. The van der Waals surface area contributed by atoms with Crippen LogP contribution in [0.5, 0.6) is 0 Å². The number of Topliss-reactive ketones (excluding diaryl/α,β-unsaturated/α-hetero) is 1. The van der Waals surface area contributed by atoms with Crippen LogP contribution in [0.3, 0.4) is 0 Å². The highest BCUT2D eigenvalue weighted by Crippen LogP contribution is 2.42. The molecule has 55 heavy (non-hydrogen) atoms. The minimum Gasteiger partial charge on any atom is -0.459 e. The van der Waals surface area contributed by atoms with Crippen LogP contribution < -0.4 is 0 Å². The second-order valence-electron chi connectivity index (χ2n) is 17.2. The third kappa shape index (κ3) is 10.6. The largest absolute Gasteiger partial charge is 0.459 e. The number of likely N-dealkylation sites (N-methyl/N-ethyl adjacent to an activating group) is 1. The lowest BCUT2D eigenvalue weighted by Gasteiger charge is -2.50. The molecule has 0 spiro atoms. The van der Waals surface area contributed by atoms with E-state index in [1.807, 2.05) is 39.8 Å². The van der Waals surface area contributed by atoms with Crippen LogP contribution in [0, 0.1) is 23.7 Å². The number of ketones is 1. The average Bonchev–Trinajstić information content (AvgIpc) is 3.13. The number of carbonyl (C=O) groups is 2. The molecule has 0 saturated carbocycles. The fraction of sp³-hybridized carbons (Fsp3) is 0.902. The van der Waals surface area contributed by atoms with Crippen molar-refractivity contribution in [1.82, 2.24) is 4.90 Å². The van der Waals surface area contributed by atoms with E-state index in [2.05, 4.69) is 6.58 Å². The van der Waals surface area contributed by atoms with Crippen molar-refractivity contribution in [2.45, 2.75) is 179 Å². The molecule has 18 atom stereocenters. The molecule has 3 fully saturated rings. The van der Waals surface area contributed by atoms with Gasteiger partial charge in [-0.25, -0.2) is 0 Å². The van der Waals surface area contributed by atoms with Gasteiger partial charge in [-0.05, 0) is 74.9 Å². The van der Waals surface area contributed by atoms with E-state index in [0.717, 1.165) is 0 Å². The van der Waals surface area contributed by atoms with Crippen molar-refractivity contribution >= 4 is 11.8 Å². The zero-order valence-electron chi connectivity index (χ0n) is 35.9. The second kappa shape index (κ2) is 19.5. The lowest BCUT2D eigenvalue weighted by Crippen LogP contribution is -2.61. The minimum absolute atomic E-state index is 0.0533. The van der Waals surface area contributed by atoms with Crippen molar-refractivity contribution in [2.75, 3.05) is 34.9 Å². The molecule has 0 bridgehead atoms. The van der Waals surface area contributed by atoms with Gasteiger partial charge in [0, 0.05) is 44.4 Å². The van der Waals surface area contributed by atoms with Crippen molar-refractivity contribution in [1.29, 1.82) is 0 Å². The van der Waals surface area contributed by atoms with Crippen LogP contribution in [0.25, 0.3) is 0 Å². The third-order valence-corrected chi connectivity index (χ3v) is 12.6. The third-order valence-electron chi connectivity index (χ3n) is 12.6. The van der Waals surface area contributed by atoms with Gasteiger partial charge in [0.25, 0.3) is 0 Å². The number of hydrogen-bond donors (Lipinski definition) is 3. The summed E-state index contributed by atoms with van der Waals surface area (Å²) in [5, 5.41) is 34.8. The molecule has 0 aromatic heterocycles. The van der Waals surface area contributed by atoms with Crippen LogP contribution in [0.15, 0.2) is 12.7 Å². The first-order valence-corrected chi connectivity index (χ1v) is 20.0. The van der Waals surface area contributed by atoms with Crippen molar-refractivity contribution in [3.63, 3.8) is 0 Å². The first-order valence-electron chi connectivity index (χ1n) is 20.0. The van der Waals surface area contributed by atoms with Crippen molar-refractivity contribution in [2.24, 2.45) is 23.7 Å². The van der Waals surface area contributed by atoms with Crippen molar-refractivity contribution in [3.05, 3.63) is 12.7 Å². The smallest absolute Gasteiger partial charge is 0.311 e. The fourth-order valence-electron chi connectivity index (χ4n) is 9.06. The van der Waals surface area contributed by atoms with Gasteiger partial charge in [0.2, 0.25) is 0 Å². The Morgan fingerprint density at radius 1 is 0.909 bits per heavy atom. The van der Waals surface area contributed by atoms with Crippen LogP contribution in [-0.4, -0.2) is 151 Å². The number of hydrogen-bond acceptors (Lipinski definition) is 14. The highest BCUT2D eigenvalue weighted by molar-refractivity contribution is 5.83. The number of aliphatic hydroxyl groups excluding tert-OH is 2. The molecule has 3 saturated heterocycles. The summed E-state index contributed by atoms with van der Waals surface area (Å²) in [6, 6.07) is -0.278. The number of rotatable bonds is 11. The van der Waals surface area contributed by atoms with Crippen molar-refractivity contribution in [3.8, 4) is 0 Å². The molecule has 14 nitrogen and oxygen atoms in total. The zero-order chi connectivity index (χ0) is 41.8. The second-order valence-corrected chi connectivity index (χ2v) is 17.2. The monoisotopic (exact) mass is 788 g/mol. The van der Waals surface area contributed by atoms with E-state index in [-0.39, 0.29) is 43.8 Å². The number of cyclic esters (lactones) is 1. The van der Waals surface area contributed by atoms with E-state index in [4.69, 9.17) is 37.9 Å². The maximum atomic E-state index is 14.4. The molecule has 0 amide bonds. The zero-order valence-corrected chi connectivity index (χ0v) is 35.9. The van der Waals surface area contributed by atoms with Crippen molar-refractivity contribution < 1.29 is 62.8 Å². The molecule has 0 aromatic rings. The summed E-state index contributed by atoms with van der Waals surface area (Å²) < 4.78 is 50.5. The molecule has 14 heteroatoms. The first kappa shape index (κ1) is 47.8. The van der Waals surface area contributed by atoms with Gasteiger partial charge in [0.05, 0.1) is 54.2 Å². The lowest BCUT2D eigenvalue weighted by atomic mass is 9.73. The van der Waals surface area contributed by atoms with Crippen LogP contribution >= 0.6 is 0 Å². The van der Waals surface area contributed by atoms with E-state index in [9.17, 15) is 24.9 Å². The van der Waals surface area contributed by atoms with E-state index in [0.29, 0.717) is 6.42 Å². The van der Waals surface area contributed by atoms with Gasteiger partial charge in [-0.3, -0.25) is 9.59 Å². The maximum absolute atomic E-state index is 14.4. The Morgan fingerprint density at radius 2 is 1.53 bits per heavy atom. The highest BCUT2D eigenvalue weighted by atomic mass is 16.7. The van der Waals surface area contributed by atoms with Gasteiger partial charge in [-0.15, -0.1) is 6.58 Å². The van der Waals surface area contributed by atoms with Crippen LogP contribution in [-0.2, 0) is 47.5 Å². The molecular formula is C41H73NO13. The fourth-order valence-corrected chi connectivity index (χ4v) is 9.06. The van der Waals surface area contributed by atoms with Gasteiger partial charge < -0.3 is 58.1 Å². The molecular weight excluding hydrogens is 714 g/mol. The van der Waals surface area contributed by atoms with Gasteiger partial charge in [0.15, 0.2) is 12.6 Å². The van der Waals surface area contributed by atoms with Gasteiger partial charge in [-0.1, -0.05) is 33.8 Å². The Kier molecular flexibility index (Phi) is 16.9. The molecule has 0 aromatic carbocycles. The Bertz CT molecular complexity index is 1270. The Balaban J connectivity index is 2.26. The SMILES string of the molecule is C=CCO[C@@H]1[C@@H](C)C(=O)[C@H](C)C[C@](C)(OC)[C@H](OC2O[C@H](C)C[C@H](N(C)C)[C@H]2O)[C@@H](C)[C@H](O[C@H]2C[C@@](C)(OC)[C@@H](O)[C@H](C)O2)[C@@H](C)C(=O)O[C@H](CC)[C@@]1(C)O. The average molecular weight is 788 g/mol. The Morgan fingerprint density at radius 3 is 2.07 bits per heavy atom. The van der Waals surface area contributed by atoms with Gasteiger partial charge >= 0.3 is 5.97 Å². The molecule has 0 radical (unpaired) electrons. The first-order chi connectivity index (χ1) is 25.5. The lowest BCUT2D eigenvalue weighted by molar-refractivity contribution is -0.319. The Hall–Kier alpha value is -1.56. The van der Waals surface area contributed by atoms with Crippen LogP contribution in [0.2, 0.25) is 0 Å². The van der Waals surface area contributed by atoms with Crippen LogP contribution in [0.4, 0.5) is 0 Å².